The van der Waals surface area contributed by atoms with Gasteiger partial charge in [0.25, 0.3) is 0 Å². The Morgan fingerprint density at radius 1 is 1.40 bits per heavy atom. The molecule has 1 N–H and O–H groups in total. The summed E-state index contributed by atoms with van der Waals surface area (Å²) in [6, 6.07) is 3.59. The van der Waals surface area contributed by atoms with Crippen molar-refractivity contribution >= 4 is 16.8 Å². The van der Waals surface area contributed by atoms with E-state index in [0.717, 1.165) is 5.69 Å². The molecule has 0 aliphatic heterocycles. The molecule has 15 heavy (non-hydrogen) atoms. The van der Waals surface area contributed by atoms with Crippen molar-refractivity contribution in [2.45, 2.75) is 13.8 Å². The number of Topliss-reactive ketones (excluding diaryl/α,β-unsaturated/α-hetero) is 1. The number of nitrogens with one attached hydrogen (secondary N) is 1. The van der Waals surface area contributed by atoms with Gasteiger partial charge in [-0.05, 0) is 26.0 Å². The maximum absolute atomic E-state index is 11.8. The lowest BCUT2D eigenvalue weighted by molar-refractivity contribution is 0.101. The van der Waals surface area contributed by atoms with Gasteiger partial charge in [0.05, 0.1) is 11.1 Å². The molecule has 0 spiro atoms. The first-order valence-electron chi connectivity index (χ1n) is 4.59. The summed E-state index contributed by atoms with van der Waals surface area (Å²) in [7, 11) is 0. The lowest BCUT2D eigenvalue weighted by Gasteiger charge is -2.00. The van der Waals surface area contributed by atoms with Crippen molar-refractivity contribution in [3.63, 3.8) is 0 Å². The van der Waals surface area contributed by atoms with Crippen molar-refractivity contribution in [2.75, 3.05) is 0 Å². The third-order valence-corrected chi connectivity index (χ3v) is 2.25. The van der Waals surface area contributed by atoms with Crippen molar-refractivity contribution in [1.82, 2.24) is 9.97 Å². The number of carbonyl (C=O) groups excluding carboxylic acids is 1. The third kappa shape index (κ3) is 1.54. The van der Waals surface area contributed by atoms with E-state index in [1.807, 2.05) is 6.07 Å². The van der Waals surface area contributed by atoms with Crippen LogP contribution < -0.4 is 5.43 Å². The number of H-pyrrole nitrogens is 1. The minimum Gasteiger partial charge on any atom is -0.359 e. The Bertz CT molecular complexity index is 599. The van der Waals surface area contributed by atoms with Crippen molar-refractivity contribution in [3.8, 4) is 0 Å². The number of fused-ring (bicyclic) bond motifs is 1. The zero-order valence-electron chi connectivity index (χ0n) is 8.50. The van der Waals surface area contributed by atoms with Gasteiger partial charge in [-0.1, -0.05) is 0 Å². The molecule has 0 saturated carbocycles. The van der Waals surface area contributed by atoms with Gasteiger partial charge in [0.1, 0.15) is 5.52 Å². The van der Waals surface area contributed by atoms with E-state index in [-0.39, 0.29) is 16.8 Å². The average molecular weight is 202 g/mol. The molecule has 76 valence electrons. The second-order valence-electron chi connectivity index (χ2n) is 3.44. The molecule has 0 aliphatic rings. The highest BCUT2D eigenvalue weighted by molar-refractivity contribution is 5.96. The largest absolute Gasteiger partial charge is 0.359 e. The summed E-state index contributed by atoms with van der Waals surface area (Å²) in [6.45, 7) is 3.17. The van der Waals surface area contributed by atoms with E-state index in [9.17, 15) is 9.59 Å². The van der Waals surface area contributed by atoms with Crippen LogP contribution in [0.4, 0.5) is 0 Å². The van der Waals surface area contributed by atoms with Gasteiger partial charge in [-0.15, -0.1) is 0 Å². The van der Waals surface area contributed by atoms with Gasteiger partial charge in [-0.2, -0.15) is 0 Å². The molecule has 0 amide bonds. The first kappa shape index (κ1) is 9.58. The number of rotatable bonds is 1. The fraction of sp³-hybridized carbons (Fsp3) is 0.182. The second-order valence-corrected chi connectivity index (χ2v) is 3.44. The molecule has 2 rings (SSSR count). The molecule has 4 heteroatoms. The Kier molecular flexibility index (Phi) is 2.11. The Balaban J connectivity index is 2.89. The number of nitrogens with zero attached hydrogens (tertiary/aromatic N) is 1. The van der Waals surface area contributed by atoms with Gasteiger partial charge in [-0.25, -0.2) is 4.98 Å². The maximum Gasteiger partial charge on any atom is 0.218 e. The smallest absolute Gasteiger partial charge is 0.218 e. The van der Waals surface area contributed by atoms with Crippen LogP contribution in [0.1, 0.15) is 23.0 Å². The molecule has 0 atom stereocenters. The number of hydrogen-bond donors (Lipinski definition) is 1. The highest BCUT2D eigenvalue weighted by Gasteiger charge is 2.09. The van der Waals surface area contributed by atoms with Gasteiger partial charge in [0.2, 0.25) is 5.43 Å². The molecule has 2 aromatic rings. The first-order chi connectivity index (χ1) is 7.09. The van der Waals surface area contributed by atoms with Crippen LogP contribution in [0, 0.1) is 6.92 Å². The van der Waals surface area contributed by atoms with Crippen LogP contribution in [0.2, 0.25) is 0 Å². The Morgan fingerprint density at radius 3 is 2.80 bits per heavy atom. The average Bonchev–Trinajstić information content (AvgIpc) is 2.19. The molecular formula is C11H10N2O2. The number of ketones is 1. The van der Waals surface area contributed by atoms with Gasteiger partial charge >= 0.3 is 0 Å². The summed E-state index contributed by atoms with van der Waals surface area (Å²) in [4.78, 5) is 30.0. The molecule has 0 fully saturated rings. The van der Waals surface area contributed by atoms with Crippen LogP contribution in [-0.2, 0) is 0 Å². The number of aromatic nitrogens is 2. The van der Waals surface area contributed by atoms with Gasteiger partial charge in [0, 0.05) is 11.9 Å². The molecule has 0 bridgehead atoms. The molecule has 4 nitrogen and oxygen atoms in total. The third-order valence-electron chi connectivity index (χ3n) is 2.25. The van der Waals surface area contributed by atoms with E-state index >= 15 is 0 Å². The molecule has 2 heterocycles. The number of hydrogen-bond acceptors (Lipinski definition) is 3. The van der Waals surface area contributed by atoms with Gasteiger partial charge in [0.15, 0.2) is 5.78 Å². The fourth-order valence-electron chi connectivity index (χ4n) is 1.45. The number of pyridine rings is 2. The quantitative estimate of drug-likeness (QED) is 0.711. The van der Waals surface area contributed by atoms with Crippen LogP contribution in [0.25, 0.3) is 11.0 Å². The SMILES string of the molecule is CC(=O)c1c[nH]c2ccc(C)nc2c1=O. The molecule has 0 radical (unpaired) electrons. The van der Waals surface area contributed by atoms with E-state index < -0.39 is 0 Å². The molecule has 0 aliphatic carbocycles. The Labute approximate surface area is 86.0 Å². The number of aryl methyl sites for hydroxylation is 1. The zero-order chi connectivity index (χ0) is 11.0. The van der Waals surface area contributed by atoms with Crippen LogP contribution in [0.5, 0.6) is 0 Å². The van der Waals surface area contributed by atoms with E-state index in [4.69, 9.17) is 0 Å². The lowest BCUT2D eigenvalue weighted by Crippen LogP contribution is -2.15. The summed E-state index contributed by atoms with van der Waals surface area (Å²) in [6.07, 6.45) is 1.43. The first-order valence-corrected chi connectivity index (χ1v) is 4.59. The van der Waals surface area contributed by atoms with Gasteiger partial charge < -0.3 is 4.98 Å². The van der Waals surface area contributed by atoms with Crippen LogP contribution >= 0.6 is 0 Å². The van der Waals surface area contributed by atoms with Crippen molar-refractivity contribution in [1.29, 1.82) is 0 Å². The lowest BCUT2D eigenvalue weighted by atomic mass is 10.1. The monoisotopic (exact) mass is 202 g/mol. The Hall–Kier alpha value is -1.97. The van der Waals surface area contributed by atoms with Gasteiger partial charge in [-0.3, -0.25) is 9.59 Å². The number of aromatic amines is 1. The summed E-state index contributed by atoms with van der Waals surface area (Å²) in [5.41, 5.74) is 1.58. The molecule has 2 aromatic heterocycles. The molecular weight excluding hydrogens is 192 g/mol. The van der Waals surface area contributed by atoms with E-state index in [1.54, 1.807) is 13.0 Å². The highest BCUT2D eigenvalue weighted by atomic mass is 16.1. The van der Waals surface area contributed by atoms with Crippen molar-refractivity contribution < 1.29 is 4.79 Å². The highest BCUT2D eigenvalue weighted by Crippen LogP contribution is 2.06. The fourth-order valence-corrected chi connectivity index (χ4v) is 1.45. The predicted octanol–water partition coefficient (Wildman–Crippen LogP) is 1.43. The molecule has 0 aromatic carbocycles. The topological polar surface area (TPSA) is 62.8 Å². The predicted molar refractivity (Wildman–Crippen MR) is 57.1 cm³/mol. The maximum atomic E-state index is 11.8. The standard InChI is InChI=1S/C11H10N2O2/c1-6-3-4-9-10(13-6)11(15)8(5-12-9)7(2)14/h3-5H,1-2H3,(H,12,15). The zero-order valence-corrected chi connectivity index (χ0v) is 8.50. The normalized spacial score (nSPS) is 10.5. The van der Waals surface area contributed by atoms with E-state index in [2.05, 4.69) is 9.97 Å². The minimum atomic E-state index is -0.306. The molecule has 0 unspecified atom stereocenters. The van der Waals surface area contributed by atoms with Crippen molar-refractivity contribution in [2.24, 2.45) is 0 Å². The summed E-state index contributed by atoms with van der Waals surface area (Å²) >= 11 is 0. The van der Waals surface area contributed by atoms with E-state index in [0.29, 0.717) is 11.0 Å². The summed E-state index contributed by atoms with van der Waals surface area (Å²) in [5.74, 6) is -0.249. The van der Waals surface area contributed by atoms with Crippen LogP contribution in [-0.4, -0.2) is 15.8 Å². The Morgan fingerprint density at radius 2 is 2.13 bits per heavy atom. The van der Waals surface area contributed by atoms with Crippen LogP contribution in [0.15, 0.2) is 23.1 Å². The summed E-state index contributed by atoms with van der Waals surface area (Å²) < 4.78 is 0. The van der Waals surface area contributed by atoms with Crippen LogP contribution in [0.3, 0.4) is 0 Å². The minimum absolute atomic E-state index is 0.153. The van der Waals surface area contributed by atoms with Crippen molar-refractivity contribution in [3.05, 3.63) is 39.8 Å². The summed E-state index contributed by atoms with van der Waals surface area (Å²) in [5, 5.41) is 0. The molecule has 0 saturated heterocycles. The van der Waals surface area contributed by atoms with E-state index in [1.165, 1.54) is 13.1 Å². The second kappa shape index (κ2) is 3.31. The number of carbonyl (C=O) groups is 1.